The number of ether oxygens (including phenoxy) is 3. The fraction of sp³-hybridized carbons (Fsp3) is 0.750. The summed E-state index contributed by atoms with van der Waals surface area (Å²) in [6.45, 7) is 11.1. The molecule has 45 heavy (non-hydrogen) atoms. The molecule has 0 spiro atoms. The summed E-state index contributed by atoms with van der Waals surface area (Å²) in [6, 6.07) is 0. The van der Waals surface area contributed by atoms with Gasteiger partial charge in [-0.05, 0) is 41.9 Å². The van der Waals surface area contributed by atoms with Gasteiger partial charge >= 0.3 is 11.9 Å². The van der Waals surface area contributed by atoms with E-state index in [0.29, 0.717) is 38.0 Å². The summed E-state index contributed by atoms with van der Waals surface area (Å²) in [5.41, 5.74) is 10.0. The largest absolute Gasteiger partial charge is 0.479 e. The van der Waals surface area contributed by atoms with Gasteiger partial charge in [-0.1, -0.05) is 15.5 Å². The van der Waals surface area contributed by atoms with Gasteiger partial charge in [0.25, 0.3) is 5.89 Å². The smallest absolute Gasteiger partial charge is 0.364 e. The Labute approximate surface area is 274 Å². The van der Waals surface area contributed by atoms with Gasteiger partial charge in [0, 0.05) is 39.3 Å². The van der Waals surface area contributed by atoms with Gasteiger partial charge in [-0.2, -0.15) is 34.7 Å². The van der Waals surface area contributed by atoms with Gasteiger partial charge in [-0.25, -0.2) is 9.59 Å². The average Bonchev–Trinajstić information content (AvgIpc) is 3.39. The predicted molar refractivity (Wildman–Crippen MR) is 183 cm³/mol. The number of aliphatic carboxylic acids is 1. The van der Waals surface area contributed by atoms with Gasteiger partial charge in [0.1, 0.15) is 17.8 Å². The molecule has 264 valence electrons. The maximum Gasteiger partial charge on any atom is 0.364 e. The average molecular weight is 706 g/mol. The molecule has 3 aliphatic heterocycles. The lowest BCUT2D eigenvalue weighted by atomic mass is 10.3. The maximum atomic E-state index is 11.3. The quantitative estimate of drug-likeness (QED) is 0.0724. The molecule has 1 aromatic heterocycles. The van der Waals surface area contributed by atoms with Crippen molar-refractivity contribution in [1.29, 1.82) is 0 Å². The normalized spacial score (nSPS) is 22.5. The summed E-state index contributed by atoms with van der Waals surface area (Å²) < 4.78 is 20.7. The van der Waals surface area contributed by atoms with Crippen molar-refractivity contribution in [1.82, 2.24) is 24.8 Å². The van der Waals surface area contributed by atoms with Crippen LogP contribution in [-0.4, -0.2) is 151 Å². The van der Waals surface area contributed by atoms with Crippen LogP contribution in [0, 0.1) is 6.92 Å². The van der Waals surface area contributed by atoms with Gasteiger partial charge < -0.3 is 60.1 Å². The Kier molecular flexibility index (Phi) is 27.3. The molecule has 4 rings (SSSR count). The first-order valence-corrected chi connectivity index (χ1v) is 13.2. The fourth-order valence-corrected chi connectivity index (χ4v) is 3.39. The van der Waals surface area contributed by atoms with Crippen LogP contribution >= 0.6 is 29.7 Å². The highest BCUT2D eigenvalue weighted by Gasteiger charge is 2.27. The number of hydrogen-bond donors (Lipinski definition) is 4. The van der Waals surface area contributed by atoms with Crippen LogP contribution in [0.15, 0.2) is 14.8 Å². The van der Waals surface area contributed by atoms with E-state index in [0.717, 1.165) is 32.8 Å². The molecular formula is C24H54N9O9P3. The lowest BCUT2D eigenvalue weighted by Gasteiger charge is -2.27. The molecule has 0 saturated carbocycles. The first kappa shape index (κ1) is 47.3. The zero-order chi connectivity index (χ0) is 31.7. The van der Waals surface area contributed by atoms with Gasteiger partial charge in [0.15, 0.2) is 18.0 Å². The van der Waals surface area contributed by atoms with Crippen molar-refractivity contribution < 1.29 is 43.5 Å². The van der Waals surface area contributed by atoms with Crippen LogP contribution < -0.4 is 11.5 Å². The predicted octanol–water partition coefficient (Wildman–Crippen LogP) is -1.14. The summed E-state index contributed by atoms with van der Waals surface area (Å²) in [4.78, 5) is 36.5. The Morgan fingerprint density at radius 3 is 1.71 bits per heavy atom. The molecule has 6 atom stereocenters. The molecule has 6 N–H and O–H groups in total. The number of amidine groups is 2. The first-order chi connectivity index (χ1) is 19.8. The number of oxime groups is 2. The van der Waals surface area contributed by atoms with Crippen LogP contribution in [0.3, 0.4) is 0 Å². The Hall–Kier alpha value is -2.13. The molecule has 0 aromatic carbocycles. The lowest BCUT2D eigenvalue weighted by molar-refractivity contribution is -0.162. The highest BCUT2D eigenvalue weighted by Crippen LogP contribution is 2.19. The van der Waals surface area contributed by atoms with Crippen molar-refractivity contribution in [3.63, 3.8) is 0 Å². The standard InChI is InChI=1S/C8H15N3O3.C8H13N3O2.C6H11NO3.C2H6N2O.3H3P/c1-6(9)10-14-8(12)7-5-11(2)3-4-13-7;1-6-9-8(13-10-6)7-5-11(2)3-4-12-7;1-7-2-3-10-5(4-7)6(8)9;1-2(3)4-5;;;/h7H,3-5H2,1-2H3,(H2,9,10);7H,3-5H2,1-2H3;5H,2-4H2,1H3,(H,8,9);5H,1H3,(H2,3,4);3*1H3. The third kappa shape index (κ3) is 21.3. The van der Waals surface area contributed by atoms with Crippen molar-refractivity contribution in [2.24, 2.45) is 21.8 Å². The zero-order valence-corrected chi connectivity index (χ0v) is 31.5. The Bertz CT molecular complexity index is 1020. The van der Waals surface area contributed by atoms with Crippen molar-refractivity contribution in [2.45, 2.75) is 39.1 Å². The van der Waals surface area contributed by atoms with E-state index in [-0.39, 0.29) is 47.5 Å². The van der Waals surface area contributed by atoms with Crippen LogP contribution in [0.1, 0.15) is 31.7 Å². The summed E-state index contributed by atoms with van der Waals surface area (Å²) in [5.74, 6) is 0.274. The summed E-state index contributed by atoms with van der Waals surface area (Å²) in [5, 5.41) is 25.8. The molecule has 18 nitrogen and oxygen atoms in total. The molecule has 1 aromatic rings. The number of nitrogens with two attached hydrogens (primary N) is 2. The SMILES string of the molecule is C/C(N)=N\OC(=O)C1CN(C)CCO1.CC(N)=NO.CN1CCOC(C(=O)O)C1.Cc1noc(C2CN(C)CCO2)n1.P.P.P. The molecule has 0 bridgehead atoms. The molecule has 0 aliphatic carbocycles. The van der Waals surface area contributed by atoms with Crippen molar-refractivity contribution in [3.05, 3.63) is 11.7 Å². The summed E-state index contributed by atoms with van der Waals surface area (Å²) >= 11 is 0. The van der Waals surface area contributed by atoms with E-state index in [2.05, 4.69) is 37.2 Å². The molecule has 3 fully saturated rings. The van der Waals surface area contributed by atoms with Crippen LogP contribution in [0.4, 0.5) is 0 Å². The third-order valence-corrected chi connectivity index (χ3v) is 5.60. The van der Waals surface area contributed by atoms with Gasteiger partial charge in [-0.3, -0.25) is 0 Å². The molecule has 0 amide bonds. The van der Waals surface area contributed by atoms with E-state index in [1.54, 1.807) is 13.8 Å². The van der Waals surface area contributed by atoms with E-state index >= 15 is 0 Å². The molecule has 3 saturated heterocycles. The van der Waals surface area contributed by atoms with Gasteiger partial charge in [0.2, 0.25) is 0 Å². The minimum absolute atomic E-state index is 0. The van der Waals surface area contributed by atoms with E-state index in [9.17, 15) is 9.59 Å². The monoisotopic (exact) mass is 705 g/mol. The molecule has 6 unspecified atom stereocenters. The highest BCUT2D eigenvalue weighted by atomic mass is 31.0. The Morgan fingerprint density at radius 1 is 0.867 bits per heavy atom. The van der Waals surface area contributed by atoms with E-state index < -0.39 is 24.1 Å². The fourth-order valence-electron chi connectivity index (χ4n) is 3.39. The second kappa shape index (κ2) is 26.0. The molecule has 0 radical (unpaired) electrons. The number of carboxylic acids is 1. The minimum Gasteiger partial charge on any atom is -0.479 e. The zero-order valence-electron chi connectivity index (χ0n) is 27.3. The molecule has 4 heterocycles. The molecular weight excluding hydrogens is 651 g/mol. The lowest BCUT2D eigenvalue weighted by Crippen LogP contribution is -2.44. The van der Waals surface area contributed by atoms with E-state index in [4.69, 9.17) is 40.5 Å². The number of morpholine rings is 3. The third-order valence-electron chi connectivity index (χ3n) is 5.60. The van der Waals surface area contributed by atoms with Crippen LogP contribution in [0.25, 0.3) is 0 Å². The Balaban J connectivity index is -0.000000535. The summed E-state index contributed by atoms with van der Waals surface area (Å²) in [7, 11) is 5.86. The van der Waals surface area contributed by atoms with Crippen molar-refractivity contribution in [2.75, 3.05) is 80.2 Å². The second-order valence-corrected chi connectivity index (χ2v) is 9.77. The van der Waals surface area contributed by atoms with E-state index in [1.165, 1.54) is 6.92 Å². The Morgan fingerprint density at radius 2 is 1.33 bits per heavy atom. The minimum atomic E-state index is -0.869. The number of hydrogen-bond acceptors (Lipinski definition) is 15. The molecule has 21 heteroatoms. The number of likely N-dealkylation sites (N-methyl/N-ethyl adjacent to an activating group) is 3. The number of carboxylic acid groups (broad SMARTS) is 1. The van der Waals surface area contributed by atoms with Gasteiger partial charge in [-0.15, -0.1) is 0 Å². The van der Waals surface area contributed by atoms with E-state index in [1.807, 2.05) is 23.9 Å². The van der Waals surface area contributed by atoms with Crippen molar-refractivity contribution in [3.8, 4) is 0 Å². The number of nitrogens with zero attached hydrogens (tertiary/aromatic N) is 7. The number of rotatable bonds is 4. The number of aromatic nitrogens is 2. The molecule has 3 aliphatic rings. The number of carbonyl (C=O) groups excluding carboxylic acids is 1. The van der Waals surface area contributed by atoms with Crippen LogP contribution in [-0.2, 0) is 28.6 Å². The first-order valence-electron chi connectivity index (χ1n) is 13.2. The van der Waals surface area contributed by atoms with Crippen molar-refractivity contribution >= 4 is 53.3 Å². The summed E-state index contributed by atoms with van der Waals surface area (Å²) in [6.07, 6.45) is -1.24. The van der Waals surface area contributed by atoms with Gasteiger partial charge in [0.05, 0.1) is 19.8 Å². The van der Waals surface area contributed by atoms with Crippen LogP contribution in [0.5, 0.6) is 0 Å². The number of aryl methyl sites for hydroxylation is 1. The number of carbonyl (C=O) groups is 2. The topological polar surface area (TPSA) is 237 Å². The maximum absolute atomic E-state index is 11.3. The van der Waals surface area contributed by atoms with Crippen LogP contribution in [0.2, 0.25) is 0 Å². The second-order valence-electron chi connectivity index (χ2n) is 9.77. The highest BCUT2D eigenvalue weighted by molar-refractivity contribution is 6.92.